The highest BCUT2D eigenvalue weighted by molar-refractivity contribution is 6.32. The second kappa shape index (κ2) is 9.03. The van der Waals surface area contributed by atoms with E-state index in [1.54, 1.807) is 0 Å². The fraction of sp³-hybridized carbons (Fsp3) is 0.688. The molecule has 0 spiro atoms. The molecule has 1 unspecified atom stereocenters. The number of ether oxygens (including phenoxy) is 2. The van der Waals surface area contributed by atoms with Gasteiger partial charge in [-0.2, -0.15) is 4.98 Å². The second-order valence-electron chi connectivity index (χ2n) is 6.15. The molecule has 2 heterocycles. The number of anilines is 1. The van der Waals surface area contributed by atoms with E-state index in [9.17, 15) is 4.79 Å². The minimum absolute atomic E-state index is 0.0431. The molecular formula is C16H25ClN4O3. The van der Waals surface area contributed by atoms with Crippen LogP contribution in [0.25, 0.3) is 0 Å². The van der Waals surface area contributed by atoms with Gasteiger partial charge in [-0.25, -0.2) is 4.98 Å². The molecule has 2 rings (SSSR count). The van der Waals surface area contributed by atoms with E-state index in [-0.39, 0.29) is 29.8 Å². The van der Waals surface area contributed by atoms with E-state index in [1.165, 1.54) is 13.3 Å². The molecule has 0 saturated carbocycles. The smallest absolute Gasteiger partial charge is 0.318 e. The zero-order chi connectivity index (χ0) is 17.5. The molecule has 1 aliphatic rings. The van der Waals surface area contributed by atoms with Crippen LogP contribution < -0.4 is 15.4 Å². The van der Waals surface area contributed by atoms with Crippen molar-refractivity contribution in [3.05, 3.63) is 11.2 Å². The SMILES string of the molecule is COc1ncc(Cl)c(NCC(C(=O)NC(C)C)C2CCOCC2)n1. The van der Waals surface area contributed by atoms with Gasteiger partial charge < -0.3 is 20.1 Å². The molecule has 24 heavy (non-hydrogen) atoms. The van der Waals surface area contributed by atoms with Crippen molar-refractivity contribution in [2.45, 2.75) is 32.7 Å². The standard InChI is InChI=1S/C16H25ClN4O3/c1-10(2)20-15(22)12(11-4-6-24-7-5-11)8-18-14-13(17)9-19-16(21-14)23-3/h9-12H,4-8H2,1-3H3,(H,20,22)(H,18,19,21). The maximum atomic E-state index is 12.6. The van der Waals surface area contributed by atoms with Crippen molar-refractivity contribution in [3.8, 4) is 6.01 Å². The Morgan fingerprint density at radius 1 is 1.46 bits per heavy atom. The molecule has 1 aliphatic heterocycles. The molecule has 0 radical (unpaired) electrons. The van der Waals surface area contributed by atoms with Gasteiger partial charge in [0.05, 0.1) is 19.2 Å². The summed E-state index contributed by atoms with van der Waals surface area (Å²) in [5.41, 5.74) is 0. The highest BCUT2D eigenvalue weighted by Crippen LogP contribution is 2.26. The lowest BCUT2D eigenvalue weighted by Crippen LogP contribution is -2.43. The van der Waals surface area contributed by atoms with Crippen molar-refractivity contribution in [1.82, 2.24) is 15.3 Å². The third-order valence-corrected chi connectivity index (χ3v) is 4.27. The lowest BCUT2D eigenvalue weighted by atomic mass is 9.85. The Morgan fingerprint density at radius 3 is 2.79 bits per heavy atom. The molecule has 8 heteroatoms. The van der Waals surface area contributed by atoms with Crippen LogP contribution in [0.4, 0.5) is 5.82 Å². The fourth-order valence-electron chi connectivity index (χ4n) is 2.76. The van der Waals surface area contributed by atoms with E-state index < -0.39 is 0 Å². The van der Waals surface area contributed by atoms with Crippen molar-refractivity contribution >= 4 is 23.3 Å². The van der Waals surface area contributed by atoms with Gasteiger partial charge in [0.1, 0.15) is 5.02 Å². The van der Waals surface area contributed by atoms with Gasteiger partial charge in [-0.05, 0) is 32.6 Å². The predicted octanol–water partition coefficient (Wildman–Crippen LogP) is 2.12. The van der Waals surface area contributed by atoms with Crippen molar-refractivity contribution in [3.63, 3.8) is 0 Å². The monoisotopic (exact) mass is 356 g/mol. The molecule has 134 valence electrons. The summed E-state index contributed by atoms with van der Waals surface area (Å²) in [5, 5.41) is 6.57. The molecule has 0 aliphatic carbocycles. The van der Waals surface area contributed by atoms with Crippen molar-refractivity contribution in [2.75, 3.05) is 32.2 Å². The Balaban J connectivity index is 2.08. The first-order chi connectivity index (χ1) is 11.5. The number of nitrogens with zero attached hydrogens (tertiary/aromatic N) is 2. The van der Waals surface area contributed by atoms with Crippen molar-refractivity contribution in [2.24, 2.45) is 11.8 Å². The summed E-state index contributed by atoms with van der Waals surface area (Å²) >= 11 is 6.12. The Kier molecular flexibility index (Phi) is 7.05. The Morgan fingerprint density at radius 2 is 2.17 bits per heavy atom. The van der Waals surface area contributed by atoms with Crippen LogP contribution in [-0.4, -0.2) is 48.8 Å². The van der Waals surface area contributed by atoms with Crippen LogP contribution in [0.1, 0.15) is 26.7 Å². The molecule has 1 atom stereocenters. The number of carbonyl (C=O) groups is 1. The first kappa shape index (κ1) is 18.7. The second-order valence-corrected chi connectivity index (χ2v) is 6.56. The number of hydrogen-bond donors (Lipinski definition) is 2. The molecule has 1 saturated heterocycles. The zero-order valence-electron chi connectivity index (χ0n) is 14.3. The van der Waals surface area contributed by atoms with Gasteiger partial charge in [0.2, 0.25) is 5.91 Å². The first-order valence-corrected chi connectivity index (χ1v) is 8.57. The number of carbonyl (C=O) groups excluding carboxylic acids is 1. The third kappa shape index (κ3) is 5.21. The molecule has 1 fully saturated rings. The van der Waals surface area contributed by atoms with Crippen LogP contribution in [0, 0.1) is 11.8 Å². The molecule has 1 aromatic rings. The normalized spacial score (nSPS) is 16.7. The fourth-order valence-corrected chi connectivity index (χ4v) is 2.92. The molecule has 2 N–H and O–H groups in total. The van der Waals surface area contributed by atoms with Gasteiger partial charge in [0.25, 0.3) is 0 Å². The number of hydrogen-bond acceptors (Lipinski definition) is 6. The minimum atomic E-state index is -0.173. The third-order valence-electron chi connectivity index (χ3n) is 4.00. The maximum absolute atomic E-state index is 12.6. The number of amides is 1. The summed E-state index contributed by atoms with van der Waals surface area (Å²) in [7, 11) is 1.49. The van der Waals surface area contributed by atoms with Crippen LogP contribution in [0.2, 0.25) is 5.02 Å². The van der Waals surface area contributed by atoms with E-state index in [1.807, 2.05) is 13.8 Å². The molecule has 7 nitrogen and oxygen atoms in total. The molecular weight excluding hydrogens is 332 g/mol. The lowest BCUT2D eigenvalue weighted by molar-refractivity contribution is -0.127. The highest BCUT2D eigenvalue weighted by Gasteiger charge is 2.30. The molecule has 0 aromatic carbocycles. The molecule has 0 bridgehead atoms. The predicted molar refractivity (Wildman–Crippen MR) is 92.4 cm³/mol. The highest BCUT2D eigenvalue weighted by atomic mass is 35.5. The summed E-state index contributed by atoms with van der Waals surface area (Å²) in [6.07, 6.45) is 3.23. The molecule has 1 amide bonds. The van der Waals surface area contributed by atoms with Crippen molar-refractivity contribution < 1.29 is 14.3 Å². The van der Waals surface area contributed by atoms with Gasteiger partial charge in [-0.3, -0.25) is 4.79 Å². The Hall–Kier alpha value is -1.60. The van der Waals surface area contributed by atoms with Crippen molar-refractivity contribution in [1.29, 1.82) is 0 Å². The van der Waals surface area contributed by atoms with Gasteiger partial charge >= 0.3 is 6.01 Å². The van der Waals surface area contributed by atoms with Crippen LogP contribution in [0.3, 0.4) is 0 Å². The molecule has 1 aromatic heterocycles. The Bertz CT molecular complexity index is 550. The van der Waals surface area contributed by atoms with Gasteiger partial charge in [-0.1, -0.05) is 11.6 Å². The zero-order valence-corrected chi connectivity index (χ0v) is 15.1. The van der Waals surface area contributed by atoms with Gasteiger partial charge in [0.15, 0.2) is 5.82 Å². The van der Waals surface area contributed by atoms with E-state index >= 15 is 0 Å². The summed E-state index contributed by atoms with van der Waals surface area (Å²) in [4.78, 5) is 20.7. The average molecular weight is 357 g/mol. The van der Waals surface area contributed by atoms with E-state index in [4.69, 9.17) is 21.1 Å². The summed E-state index contributed by atoms with van der Waals surface area (Å²) in [5.74, 6) is 0.611. The van der Waals surface area contributed by atoms with Crippen LogP contribution in [-0.2, 0) is 9.53 Å². The van der Waals surface area contributed by atoms with Gasteiger partial charge in [0, 0.05) is 25.8 Å². The van der Waals surface area contributed by atoms with Gasteiger partial charge in [-0.15, -0.1) is 0 Å². The van der Waals surface area contributed by atoms with E-state index in [0.29, 0.717) is 30.6 Å². The largest absolute Gasteiger partial charge is 0.467 e. The van der Waals surface area contributed by atoms with E-state index in [2.05, 4.69) is 20.6 Å². The maximum Gasteiger partial charge on any atom is 0.318 e. The van der Waals surface area contributed by atoms with Crippen LogP contribution in [0.5, 0.6) is 6.01 Å². The average Bonchev–Trinajstić information content (AvgIpc) is 2.57. The van der Waals surface area contributed by atoms with E-state index in [0.717, 1.165) is 12.8 Å². The summed E-state index contributed by atoms with van der Waals surface area (Å²) < 4.78 is 10.4. The summed E-state index contributed by atoms with van der Waals surface area (Å²) in [6.45, 7) is 5.75. The van der Waals surface area contributed by atoms with Crippen LogP contribution in [0.15, 0.2) is 6.20 Å². The number of methoxy groups -OCH3 is 1. The lowest BCUT2D eigenvalue weighted by Gasteiger charge is -2.30. The number of halogens is 1. The number of rotatable bonds is 7. The first-order valence-electron chi connectivity index (χ1n) is 8.19. The number of nitrogens with one attached hydrogen (secondary N) is 2. The quantitative estimate of drug-likeness (QED) is 0.778. The topological polar surface area (TPSA) is 85.4 Å². The Labute approximate surface area is 147 Å². The minimum Gasteiger partial charge on any atom is -0.467 e. The summed E-state index contributed by atoms with van der Waals surface area (Å²) in [6, 6.07) is 0.332. The number of aromatic nitrogens is 2. The van der Waals surface area contributed by atoms with Crippen LogP contribution >= 0.6 is 11.6 Å².